The molecule has 0 amide bonds. The monoisotopic (exact) mass is 210 g/mol. The van der Waals surface area contributed by atoms with Crippen LogP contribution in [0.2, 0.25) is 0 Å². The molecule has 1 N–H and O–H groups in total. The Hall–Kier alpha value is -0.510. The third-order valence-electron chi connectivity index (χ3n) is 2.06. The number of halogens is 3. The van der Waals surface area contributed by atoms with Crippen molar-refractivity contribution in [2.75, 3.05) is 0 Å². The molecule has 0 aromatic heterocycles. The van der Waals surface area contributed by atoms with Gasteiger partial charge in [0.2, 0.25) is 0 Å². The minimum atomic E-state index is -4.12. The molecule has 1 atom stereocenters. The molecule has 0 radical (unpaired) electrons. The summed E-state index contributed by atoms with van der Waals surface area (Å²) in [5.74, 6) is 0. The zero-order valence-corrected chi connectivity index (χ0v) is 8.40. The maximum absolute atomic E-state index is 11.8. The van der Waals surface area contributed by atoms with E-state index in [-0.39, 0.29) is 12.8 Å². The van der Waals surface area contributed by atoms with Gasteiger partial charge in [0.15, 0.2) is 0 Å². The first kappa shape index (κ1) is 13.5. The van der Waals surface area contributed by atoms with Crippen LogP contribution in [0.5, 0.6) is 0 Å². The molecule has 1 unspecified atom stereocenters. The van der Waals surface area contributed by atoms with Gasteiger partial charge in [0.1, 0.15) is 0 Å². The van der Waals surface area contributed by atoms with Crippen LogP contribution in [0.4, 0.5) is 13.2 Å². The number of aliphatic hydroxyl groups is 1. The van der Waals surface area contributed by atoms with Crippen molar-refractivity contribution in [2.24, 2.45) is 0 Å². The molecule has 0 aliphatic carbocycles. The highest BCUT2D eigenvalue weighted by molar-refractivity contribution is 4.78. The highest BCUT2D eigenvalue weighted by atomic mass is 19.4. The molecule has 0 aromatic carbocycles. The molecular weight excluding hydrogens is 193 g/mol. The van der Waals surface area contributed by atoms with E-state index >= 15 is 0 Å². The molecule has 84 valence electrons. The van der Waals surface area contributed by atoms with E-state index in [1.54, 1.807) is 13.0 Å². The molecule has 0 aliphatic rings. The average Bonchev–Trinajstić information content (AvgIpc) is 1.98. The first-order chi connectivity index (χ1) is 6.27. The predicted octanol–water partition coefficient (Wildman–Crippen LogP) is 3.44. The van der Waals surface area contributed by atoms with Crippen molar-refractivity contribution in [1.29, 1.82) is 0 Å². The quantitative estimate of drug-likeness (QED) is 0.666. The maximum atomic E-state index is 11.8. The van der Waals surface area contributed by atoms with E-state index in [4.69, 9.17) is 0 Å². The molecule has 0 saturated carbocycles. The first-order valence-electron chi connectivity index (χ1n) is 4.67. The lowest BCUT2D eigenvalue weighted by atomic mass is 9.93. The number of alkyl halides is 3. The van der Waals surface area contributed by atoms with Crippen molar-refractivity contribution < 1.29 is 18.3 Å². The summed E-state index contributed by atoms with van der Waals surface area (Å²) in [6.45, 7) is 5.05. The Morgan fingerprint density at radius 3 is 2.21 bits per heavy atom. The van der Waals surface area contributed by atoms with Gasteiger partial charge < -0.3 is 5.11 Å². The number of hydrogen-bond acceptors (Lipinski definition) is 1. The molecule has 0 heterocycles. The Bertz CT molecular complexity index is 173. The van der Waals surface area contributed by atoms with Gasteiger partial charge in [-0.2, -0.15) is 13.2 Å². The van der Waals surface area contributed by atoms with Crippen molar-refractivity contribution in [3.05, 3.63) is 12.7 Å². The second kappa shape index (κ2) is 5.39. The van der Waals surface area contributed by atoms with Crippen molar-refractivity contribution >= 4 is 0 Å². The minimum Gasteiger partial charge on any atom is -0.390 e. The van der Waals surface area contributed by atoms with E-state index < -0.39 is 18.2 Å². The maximum Gasteiger partial charge on any atom is 0.389 e. The summed E-state index contributed by atoms with van der Waals surface area (Å²) in [6, 6.07) is 0. The highest BCUT2D eigenvalue weighted by Crippen LogP contribution is 2.26. The van der Waals surface area contributed by atoms with Gasteiger partial charge in [-0.05, 0) is 32.6 Å². The third kappa shape index (κ3) is 8.10. The van der Waals surface area contributed by atoms with Crippen molar-refractivity contribution in [3.63, 3.8) is 0 Å². The molecule has 0 bridgehead atoms. The number of rotatable bonds is 6. The summed E-state index contributed by atoms with van der Waals surface area (Å²) in [5, 5.41) is 9.63. The van der Waals surface area contributed by atoms with Crippen molar-refractivity contribution in [2.45, 2.75) is 50.8 Å². The Kier molecular flexibility index (Phi) is 5.19. The molecule has 0 spiro atoms. The predicted molar refractivity (Wildman–Crippen MR) is 50.0 cm³/mol. The fraction of sp³-hybridized carbons (Fsp3) is 0.800. The highest BCUT2D eigenvalue weighted by Gasteiger charge is 2.28. The van der Waals surface area contributed by atoms with E-state index in [2.05, 4.69) is 6.58 Å². The van der Waals surface area contributed by atoms with E-state index in [0.717, 1.165) is 0 Å². The lowest BCUT2D eigenvalue weighted by Gasteiger charge is -2.22. The van der Waals surface area contributed by atoms with E-state index in [1.165, 1.54) is 0 Å². The summed E-state index contributed by atoms with van der Waals surface area (Å²) in [7, 11) is 0. The molecule has 0 aliphatic heterocycles. The van der Waals surface area contributed by atoms with Gasteiger partial charge in [-0.15, -0.1) is 6.58 Å². The second-order valence-corrected chi connectivity index (χ2v) is 3.79. The fourth-order valence-corrected chi connectivity index (χ4v) is 1.21. The standard InChI is InChI=1S/C10H17F3O/c1-3-4-6-9(2,14)7-5-8-10(11,12)13/h3,14H,1,4-8H2,2H3. The Morgan fingerprint density at radius 2 is 1.79 bits per heavy atom. The molecule has 14 heavy (non-hydrogen) atoms. The smallest absolute Gasteiger partial charge is 0.389 e. The second-order valence-electron chi connectivity index (χ2n) is 3.79. The molecule has 4 heteroatoms. The van der Waals surface area contributed by atoms with Crippen LogP contribution in [-0.4, -0.2) is 16.9 Å². The SMILES string of the molecule is C=CCCC(C)(O)CCCC(F)(F)F. The molecule has 1 nitrogen and oxygen atoms in total. The summed E-state index contributed by atoms with van der Waals surface area (Å²) in [4.78, 5) is 0. The van der Waals surface area contributed by atoms with Gasteiger partial charge in [-0.25, -0.2) is 0 Å². The lowest BCUT2D eigenvalue weighted by molar-refractivity contribution is -0.137. The van der Waals surface area contributed by atoms with Crippen molar-refractivity contribution in [1.82, 2.24) is 0 Å². The van der Waals surface area contributed by atoms with Crippen LogP contribution in [0.1, 0.15) is 39.0 Å². The Balaban J connectivity index is 3.70. The van der Waals surface area contributed by atoms with Crippen LogP contribution in [0.3, 0.4) is 0 Å². The van der Waals surface area contributed by atoms with E-state index in [1.807, 2.05) is 0 Å². The van der Waals surface area contributed by atoms with Crippen LogP contribution < -0.4 is 0 Å². The van der Waals surface area contributed by atoms with Gasteiger partial charge in [0.05, 0.1) is 5.60 Å². The van der Waals surface area contributed by atoms with Gasteiger partial charge in [-0.3, -0.25) is 0 Å². The molecule has 0 aromatic rings. The topological polar surface area (TPSA) is 20.2 Å². The summed E-state index contributed by atoms with van der Waals surface area (Å²) in [5.41, 5.74) is -1.00. The van der Waals surface area contributed by atoms with Gasteiger partial charge >= 0.3 is 6.18 Å². The fourth-order valence-electron chi connectivity index (χ4n) is 1.21. The van der Waals surface area contributed by atoms with Crippen LogP contribution in [0, 0.1) is 0 Å². The van der Waals surface area contributed by atoms with Gasteiger partial charge in [0.25, 0.3) is 0 Å². The summed E-state index contributed by atoms with van der Waals surface area (Å²) in [6.07, 6.45) is -2.04. The van der Waals surface area contributed by atoms with Crippen molar-refractivity contribution in [3.8, 4) is 0 Å². The lowest BCUT2D eigenvalue weighted by Crippen LogP contribution is -2.24. The third-order valence-corrected chi connectivity index (χ3v) is 2.06. The molecular formula is C10H17F3O. The number of hydrogen-bond donors (Lipinski definition) is 1. The largest absolute Gasteiger partial charge is 0.390 e. The van der Waals surface area contributed by atoms with Crippen LogP contribution >= 0.6 is 0 Å². The summed E-state index contributed by atoms with van der Waals surface area (Å²) >= 11 is 0. The van der Waals surface area contributed by atoms with Crippen LogP contribution in [-0.2, 0) is 0 Å². The normalized spacial score (nSPS) is 16.4. The molecule has 0 rings (SSSR count). The minimum absolute atomic E-state index is 0.0202. The number of allylic oxidation sites excluding steroid dienone is 1. The zero-order chi connectivity index (χ0) is 11.2. The first-order valence-corrected chi connectivity index (χ1v) is 4.67. The van der Waals surface area contributed by atoms with Crippen LogP contribution in [0.25, 0.3) is 0 Å². The van der Waals surface area contributed by atoms with Gasteiger partial charge in [0, 0.05) is 6.42 Å². The van der Waals surface area contributed by atoms with Gasteiger partial charge in [-0.1, -0.05) is 6.08 Å². The van der Waals surface area contributed by atoms with Crippen LogP contribution in [0.15, 0.2) is 12.7 Å². The molecule has 0 saturated heterocycles. The Morgan fingerprint density at radius 1 is 1.21 bits per heavy atom. The van der Waals surface area contributed by atoms with E-state index in [0.29, 0.717) is 12.8 Å². The average molecular weight is 210 g/mol. The Labute approximate surface area is 82.6 Å². The molecule has 0 fully saturated rings. The van der Waals surface area contributed by atoms with E-state index in [9.17, 15) is 18.3 Å². The zero-order valence-electron chi connectivity index (χ0n) is 8.40. The summed E-state index contributed by atoms with van der Waals surface area (Å²) < 4.78 is 35.4.